The van der Waals surface area contributed by atoms with Crippen molar-refractivity contribution in [2.75, 3.05) is 14.2 Å². The lowest BCUT2D eigenvalue weighted by molar-refractivity contribution is 0.390. The Balaban J connectivity index is 2.46. The zero-order chi connectivity index (χ0) is 9.97. The first-order valence-corrected chi connectivity index (χ1v) is 5.20. The number of benzene rings is 1. The Hall–Kier alpha value is -1.02. The number of methoxy groups -OCH3 is 1. The van der Waals surface area contributed by atoms with Crippen LogP contribution in [0.3, 0.4) is 0 Å². The van der Waals surface area contributed by atoms with Gasteiger partial charge in [-0.2, -0.15) is 0 Å². The largest absolute Gasteiger partial charge is 0.496 e. The summed E-state index contributed by atoms with van der Waals surface area (Å²) in [7, 11) is 3.77. The Morgan fingerprint density at radius 2 is 2.29 bits per heavy atom. The van der Waals surface area contributed by atoms with Gasteiger partial charge in [-0.15, -0.1) is 0 Å². The van der Waals surface area contributed by atoms with E-state index in [0.29, 0.717) is 6.04 Å². The number of ether oxygens (including phenoxy) is 1. The molecule has 0 saturated carbocycles. The van der Waals surface area contributed by atoms with E-state index in [1.54, 1.807) is 7.11 Å². The average molecular weight is 191 g/mol. The van der Waals surface area contributed by atoms with E-state index in [0.717, 1.165) is 5.75 Å². The first kappa shape index (κ1) is 9.53. The molecule has 1 atom stereocenters. The number of hydrogen-bond acceptors (Lipinski definition) is 2. The lowest BCUT2D eigenvalue weighted by atomic mass is 9.87. The highest BCUT2D eigenvalue weighted by molar-refractivity contribution is 5.43. The normalized spacial score (nSPS) is 20.3. The summed E-state index contributed by atoms with van der Waals surface area (Å²) in [6, 6.07) is 6.81. The molecule has 0 spiro atoms. The fourth-order valence-electron chi connectivity index (χ4n) is 2.31. The second kappa shape index (κ2) is 4.01. The van der Waals surface area contributed by atoms with Crippen molar-refractivity contribution < 1.29 is 4.74 Å². The van der Waals surface area contributed by atoms with Crippen LogP contribution < -0.4 is 10.1 Å². The fourth-order valence-corrected chi connectivity index (χ4v) is 2.31. The molecule has 2 nitrogen and oxygen atoms in total. The van der Waals surface area contributed by atoms with Crippen LogP contribution in [0.2, 0.25) is 0 Å². The molecule has 76 valence electrons. The van der Waals surface area contributed by atoms with Crippen LogP contribution in [-0.4, -0.2) is 14.2 Å². The first-order valence-electron chi connectivity index (χ1n) is 5.20. The number of hydrogen-bond donors (Lipinski definition) is 1. The molecule has 0 heterocycles. The third-order valence-electron chi connectivity index (χ3n) is 3.01. The molecule has 0 aromatic heterocycles. The summed E-state index contributed by atoms with van der Waals surface area (Å²) in [6.45, 7) is 0. The molecule has 14 heavy (non-hydrogen) atoms. The molecule has 1 aliphatic rings. The molecule has 0 amide bonds. The quantitative estimate of drug-likeness (QED) is 0.774. The zero-order valence-corrected chi connectivity index (χ0v) is 8.84. The molecule has 1 aromatic carbocycles. The van der Waals surface area contributed by atoms with E-state index in [1.165, 1.54) is 30.4 Å². The monoisotopic (exact) mass is 191 g/mol. The van der Waals surface area contributed by atoms with Crippen LogP contribution in [0.25, 0.3) is 0 Å². The number of fused-ring (bicyclic) bond motifs is 1. The van der Waals surface area contributed by atoms with E-state index >= 15 is 0 Å². The molecule has 2 rings (SSSR count). The van der Waals surface area contributed by atoms with Crippen LogP contribution in [0.4, 0.5) is 0 Å². The fraction of sp³-hybridized carbons (Fsp3) is 0.500. The van der Waals surface area contributed by atoms with Crippen LogP contribution in [0, 0.1) is 0 Å². The zero-order valence-electron chi connectivity index (χ0n) is 8.84. The summed E-state index contributed by atoms with van der Waals surface area (Å²) < 4.78 is 5.40. The van der Waals surface area contributed by atoms with Gasteiger partial charge in [0, 0.05) is 11.6 Å². The standard InChI is InChI=1S/C12H17NO/c1-13-10-7-3-5-9-6-4-8-11(14-2)12(9)10/h4,6,8,10,13H,3,5,7H2,1-2H3/t10-/m0/s1. The summed E-state index contributed by atoms with van der Waals surface area (Å²) in [4.78, 5) is 0. The number of aryl methyl sites for hydroxylation is 1. The van der Waals surface area contributed by atoms with E-state index in [1.807, 2.05) is 7.05 Å². The predicted octanol–water partition coefficient (Wildman–Crippen LogP) is 2.29. The van der Waals surface area contributed by atoms with E-state index in [4.69, 9.17) is 4.74 Å². The van der Waals surface area contributed by atoms with Crippen molar-refractivity contribution in [1.82, 2.24) is 5.32 Å². The van der Waals surface area contributed by atoms with Crippen molar-refractivity contribution in [3.8, 4) is 5.75 Å². The Bertz CT molecular complexity index is 308. The molecule has 0 saturated heterocycles. The van der Waals surface area contributed by atoms with Gasteiger partial charge in [-0.05, 0) is 37.9 Å². The molecule has 2 heteroatoms. The van der Waals surface area contributed by atoms with E-state index in [2.05, 4.69) is 23.5 Å². The smallest absolute Gasteiger partial charge is 0.123 e. The van der Waals surface area contributed by atoms with Crippen molar-refractivity contribution in [3.63, 3.8) is 0 Å². The van der Waals surface area contributed by atoms with Gasteiger partial charge in [0.2, 0.25) is 0 Å². The Kier molecular flexibility index (Phi) is 2.73. The van der Waals surface area contributed by atoms with Gasteiger partial charge < -0.3 is 10.1 Å². The maximum absolute atomic E-state index is 5.40. The lowest BCUT2D eigenvalue weighted by Gasteiger charge is -2.26. The minimum absolute atomic E-state index is 0.467. The highest BCUT2D eigenvalue weighted by atomic mass is 16.5. The van der Waals surface area contributed by atoms with Crippen LogP contribution in [0.1, 0.15) is 30.0 Å². The van der Waals surface area contributed by atoms with E-state index in [-0.39, 0.29) is 0 Å². The van der Waals surface area contributed by atoms with Gasteiger partial charge in [-0.25, -0.2) is 0 Å². The third kappa shape index (κ3) is 1.50. The summed E-state index contributed by atoms with van der Waals surface area (Å²) in [5.74, 6) is 1.03. The van der Waals surface area contributed by atoms with Gasteiger partial charge in [0.25, 0.3) is 0 Å². The van der Waals surface area contributed by atoms with Crippen molar-refractivity contribution in [2.24, 2.45) is 0 Å². The predicted molar refractivity (Wildman–Crippen MR) is 57.7 cm³/mol. The number of rotatable bonds is 2. The van der Waals surface area contributed by atoms with Crippen LogP contribution in [-0.2, 0) is 6.42 Å². The van der Waals surface area contributed by atoms with Gasteiger partial charge in [0.15, 0.2) is 0 Å². The SMILES string of the molecule is CN[C@H]1CCCc2cccc(OC)c21. The molecule has 1 N–H and O–H groups in total. The molecule has 0 fully saturated rings. The minimum Gasteiger partial charge on any atom is -0.496 e. The van der Waals surface area contributed by atoms with Crippen LogP contribution in [0.15, 0.2) is 18.2 Å². The summed E-state index contributed by atoms with van der Waals surface area (Å²) in [5.41, 5.74) is 2.80. The topological polar surface area (TPSA) is 21.3 Å². The van der Waals surface area contributed by atoms with Crippen molar-refractivity contribution in [1.29, 1.82) is 0 Å². The van der Waals surface area contributed by atoms with Gasteiger partial charge in [-0.3, -0.25) is 0 Å². The minimum atomic E-state index is 0.467. The third-order valence-corrected chi connectivity index (χ3v) is 3.01. The summed E-state index contributed by atoms with van der Waals surface area (Å²) >= 11 is 0. The average Bonchev–Trinajstić information content (AvgIpc) is 2.27. The lowest BCUT2D eigenvalue weighted by Crippen LogP contribution is -2.22. The maximum Gasteiger partial charge on any atom is 0.123 e. The molecule has 0 bridgehead atoms. The van der Waals surface area contributed by atoms with E-state index in [9.17, 15) is 0 Å². The Morgan fingerprint density at radius 1 is 1.43 bits per heavy atom. The molecule has 1 aliphatic carbocycles. The Morgan fingerprint density at radius 3 is 3.00 bits per heavy atom. The van der Waals surface area contributed by atoms with Crippen LogP contribution >= 0.6 is 0 Å². The van der Waals surface area contributed by atoms with Gasteiger partial charge in [0.1, 0.15) is 5.75 Å². The Labute approximate surface area is 85.3 Å². The van der Waals surface area contributed by atoms with Gasteiger partial charge in [0.05, 0.1) is 7.11 Å². The molecule has 0 aliphatic heterocycles. The highest BCUT2D eigenvalue weighted by Gasteiger charge is 2.21. The van der Waals surface area contributed by atoms with Crippen molar-refractivity contribution in [2.45, 2.75) is 25.3 Å². The van der Waals surface area contributed by atoms with Crippen LogP contribution in [0.5, 0.6) is 5.75 Å². The van der Waals surface area contributed by atoms with Crippen molar-refractivity contribution in [3.05, 3.63) is 29.3 Å². The second-order valence-electron chi connectivity index (χ2n) is 3.77. The maximum atomic E-state index is 5.40. The summed E-state index contributed by atoms with van der Waals surface area (Å²) in [6.07, 6.45) is 3.67. The van der Waals surface area contributed by atoms with E-state index < -0.39 is 0 Å². The second-order valence-corrected chi connectivity index (χ2v) is 3.77. The molecule has 0 unspecified atom stereocenters. The number of nitrogens with one attached hydrogen (secondary N) is 1. The molecule has 0 radical (unpaired) electrons. The van der Waals surface area contributed by atoms with Gasteiger partial charge in [-0.1, -0.05) is 12.1 Å². The molecule has 1 aromatic rings. The summed E-state index contributed by atoms with van der Waals surface area (Å²) in [5, 5.41) is 3.35. The molecular weight excluding hydrogens is 174 g/mol. The highest BCUT2D eigenvalue weighted by Crippen LogP contribution is 2.35. The van der Waals surface area contributed by atoms with Crippen molar-refractivity contribution >= 4 is 0 Å². The first-order chi connectivity index (χ1) is 6.86. The van der Waals surface area contributed by atoms with Gasteiger partial charge >= 0.3 is 0 Å². The molecular formula is C12H17NO.